The van der Waals surface area contributed by atoms with E-state index in [-0.39, 0.29) is 0 Å². The summed E-state index contributed by atoms with van der Waals surface area (Å²) < 4.78 is 5.55. The summed E-state index contributed by atoms with van der Waals surface area (Å²) in [6, 6.07) is 0.533. The molecule has 0 spiro atoms. The average Bonchev–Trinajstić information content (AvgIpc) is 2.26. The zero-order valence-corrected chi connectivity index (χ0v) is 11.3. The largest absolute Gasteiger partial charge is 0.380 e. The maximum absolute atomic E-state index is 5.89. The number of ether oxygens (including phenoxy) is 1. The van der Waals surface area contributed by atoms with Crippen LogP contribution in [0.15, 0.2) is 0 Å². The Morgan fingerprint density at radius 3 is 2.62 bits per heavy atom. The van der Waals surface area contributed by atoms with E-state index in [0.29, 0.717) is 24.0 Å². The zero-order chi connectivity index (χ0) is 12.1. The van der Waals surface area contributed by atoms with Crippen molar-refractivity contribution in [2.75, 3.05) is 26.7 Å². The van der Waals surface area contributed by atoms with Crippen molar-refractivity contribution in [1.82, 2.24) is 4.90 Å². The molecule has 1 rings (SSSR count). The minimum atomic E-state index is 0.384. The summed E-state index contributed by atoms with van der Waals surface area (Å²) in [5.41, 5.74) is 5.89. The molecule has 3 heteroatoms. The molecule has 0 saturated carbocycles. The van der Waals surface area contributed by atoms with Crippen molar-refractivity contribution in [3.63, 3.8) is 0 Å². The Morgan fingerprint density at radius 1 is 1.44 bits per heavy atom. The molecule has 0 radical (unpaired) electrons. The van der Waals surface area contributed by atoms with Gasteiger partial charge in [-0.25, -0.2) is 0 Å². The number of likely N-dealkylation sites (tertiary alicyclic amines) is 1. The Bertz CT molecular complexity index is 196. The molecule has 0 aliphatic carbocycles. The first-order valence-electron chi connectivity index (χ1n) is 6.55. The van der Waals surface area contributed by atoms with E-state index >= 15 is 0 Å². The van der Waals surface area contributed by atoms with Crippen molar-refractivity contribution in [3.8, 4) is 0 Å². The van der Waals surface area contributed by atoms with Crippen LogP contribution in [-0.4, -0.2) is 43.8 Å². The lowest BCUT2D eigenvalue weighted by molar-refractivity contribution is -0.0204. The summed E-state index contributed by atoms with van der Waals surface area (Å²) in [5, 5.41) is 0. The van der Waals surface area contributed by atoms with E-state index in [1.54, 1.807) is 0 Å². The summed E-state index contributed by atoms with van der Waals surface area (Å²) in [6.07, 6.45) is 2.81. The smallest absolute Gasteiger partial charge is 0.0724 e. The Morgan fingerprint density at radius 2 is 2.12 bits per heavy atom. The summed E-state index contributed by atoms with van der Waals surface area (Å²) in [4.78, 5) is 2.52. The normalized spacial score (nSPS) is 29.6. The van der Waals surface area contributed by atoms with Crippen LogP contribution in [-0.2, 0) is 4.74 Å². The van der Waals surface area contributed by atoms with Crippen molar-refractivity contribution in [3.05, 3.63) is 0 Å². The van der Waals surface area contributed by atoms with Crippen molar-refractivity contribution in [1.29, 1.82) is 0 Å². The van der Waals surface area contributed by atoms with E-state index in [2.05, 4.69) is 25.7 Å². The fourth-order valence-electron chi connectivity index (χ4n) is 2.63. The number of hydrogen-bond acceptors (Lipinski definition) is 3. The molecule has 3 atom stereocenters. The Labute approximate surface area is 100 Å². The van der Waals surface area contributed by atoms with E-state index < -0.39 is 0 Å². The molecule has 3 unspecified atom stereocenters. The highest BCUT2D eigenvalue weighted by atomic mass is 16.5. The Hall–Kier alpha value is -0.120. The van der Waals surface area contributed by atoms with Gasteiger partial charge in [0.2, 0.25) is 0 Å². The van der Waals surface area contributed by atoms with Crippen molar-refractivity contribution in [2.45, 2.75) is 45.8 Å². The monoisotopic (exact) mass is 228 g/mol. The van der Waals surface area contributed by atoms with Crippen LogP contribution in [0.3, 0.4) is 0 Å². The molecule has 1 heterocycles. The van der Waals surface area contributed by atoms with E-state index in [4.69, 9.17) is 10.5 Å². The summed E-state index contributed by atoms with van der Waals surface area (Å²) in [7, 11) is 1.82. The molecule has 96 valence electrons. The molecule has 0 aromatic carbocycles. The molecule has 1 saturated heterocycles. The second-order valence-corrected chi connectivity index (χ2v) is 5.55. The summed E-state index contributed by atoms with van der Waals surface area (Å²) >= 11 is 0. The predicted octanol–water partition coefficient (Wildman–Crippen LogP) is 1.72. The van der Waals surface area contributed by atoms with Crippen LogP contribution in [0.25, 0.3) is 0 Å². The third-order valence-corrected chi connectivity index (χ3v) is 3.76. The number of methoxy groups -OCH3 is 1. The number of nitrogens with zero attached hydrogens (tertiary/aromatic N) is 1. The van der Waals surface area contributed by atoms with Crippen molar-refractivity contribution in [2.24, 2.45) is 17.6 Å². The number of rotatable bonds is 5. The third-order valence-electron chi connectivity index (χ3n) is 3.76. The molecule has 0 aromatic heterocycles. The van der Waals surface area contributed by atoms with Crippen LogP contribution in [0.2, 0.25) is 0 Å². The molecule has 3 nitrogen and oxygen atoms in total. The number of piperidine rings is 1. The lowest BCUT2D eigenvalue weighted by Gasteiger charge is -2.40. The van der Waals surface area contributed by atoms with Gasteiger partial charge in [0.05, 0.1) is 6.10 Å². The van der Waals surface area contributed by atoms with Gasteiger partial charge in [-0.2, -0.15) is 0 Å². The van der Waals surface area contributed by atoms with Gasteiger partial charge in [0.1, 0.15) is 0 Å². The lowest BCUT2D eigenvalue weighted by Crippen LogP contribution is -2.51. The lowest BCUT2D eigenvalue weighted by atomic mass is 9.93. The zero-order valence-electron chi connectivity index (χ0n) is 11.3. The molecule has 2 N–H and O–H groups in total. The van der Waals surface area contributed by atoms with E-state index in [9.17, 15) is 0 Å². The maximum atomic E-state index is 5.89. The highest BCUT2D eigenvalue weighted by Gasteiger charge is 2.29. The first kappa shape index (κ1) is 13.9. The number of nitrogens with two attached hydrogens (primary N) is 1. The Kier molecular flexibility index (Phi) is 5.73. The summed E-state index contributed by atoms with van der Waals surface area (Å²) in [5.74, 6) is 1.40. The van der Waals surface area contributed by atoms with Gasteiger partial charge >= 0.3 is 0 Å². The van der Waals surface area contributed by atoms with E-state index in [0.717, 1.165) is 13.1 Å². The summed E-state index contributed by atoms with van der Waals surface area (Å²) in [6.45, 7) is 9.81. The van der Waals surface area contributed by atoms with Crippen LogP contribution >= 0.6 is 0 Å². The van der Waals surface area contributed by atoms with Crippen LogP contribution < -0.4 is 5.73 Å². The van der Waals surface area contributed by atoms with Crippen LogP contribution in [0.1, 0.15) is 33.6 Å². The molecule has 0 aromatic rings. The fraction of sp³-hybridized carbons (Fsp3) is 1.00. The number of hydrogen-bond donors (Lipinski definition) is 1. The van der Waals surface area contributed by atoms with Gasteiger partial charge in [-0.15, -0.1) is 0 Å². The SMILES string of the molecule is COC1CN(C(CN)CC(C)C)CCC1C. The van der Waals surface area contributed by atoms with Gasteiger partial charge in [0.25, 0.3) is 0 Å². The second-order valence-electron chi connectivity index (χ2n) is 5.55. The van der Waals surface area contributed by atoms with Gasteiger partial charge < -0.3 is 10.5 Å². The van der Waals surface area contributed by atoms with Crippen LogP contribution in [0.4, 0.5) is 0 Å². The minimum Gasteiger partial charge on any atom is -0.380 e. The van der Waals surface area contributed by atoms with Crippen molar-refractivity contribution < 1.29 is 4.74 Å². The standard InChI is InChI=1S/C13H28N2O/c1-10(2)7-12(8-14)15-6-5-11(3)13(9-15)16-4/h10-13H,5-9,14H2,1-4H3. The molecular weight excluding hydrogens is 200 g/mol. The molecule has 1 fully saturated rings. The van der Waals surface area contributed by atoms with Gasteiger partial charge in [0, 0.05) is 26.2 Å². The third kappa shape index (κ3) is 3.72. The first-order valence-corrected chi connectivity index (χ1v) is 6.55. The molecule has 1 aliphatic heterocycles. The molecule has 0 bridgehead atoms. The molecule has 0 amide bonds. The van der Waals surface area contributed by atoms with Crippen molar-refractivity contribution >= 4 is 0 Å². The van der Waals surface area contributed by atoms with Gasteiger partial charge in [-0.3, -0.25) is 4.90 Å². The fourth-order valence-corrected chi connectivity index (χ4v) is 2.63. The second kappa shape index (κ2) is 6.58. The Balaban J connectivity index is 2.51. The predicted molar refractivity (Wildman–Crippen MR) is 68.4 cm³/mol. The van der Waals surface area contributed by atoms with E-state index in [1.165, 1.54) is 19.4 Å². The quantitative estimate of drug-likeness (QED) is 0.778. The highest BCUT2D eigenvalue weighted by Crippen LogP contribution is 2.22. The van der Waals surface area contributed by atoms with E-state index in [1.807, 2.05) is 7.11 Å². The maximum Gasteiger partial charge on any atom is 0.0724 e. The topological polar surface area (TPSA) is 38.5 Å². The van der Waals surface area contributed by atoms with Gasteiger partial charge in [-0.05, 0) is 31.2 Å². The average molecular weight is 228 g/mol. The highest BCUT2D eigenvalue weighted by molar-refractivity contribution is 4.84. The van der Waals surface area contributed by atoms with Crippen LogP contribution in [0, 0.1) is 11.8 Å². The van der Waals surface area contributed by atoms with Crippen LogP contribution in [0.5, 0.6) is 0 Å². The van der Waals surface area contributed by atoms with Gasteiger partial charge in [0.15, 0.2) is 0 Å². The minimum absolute atomic E-state index is 0.384. The molecule has 1 aliphatic rings. The first-order chi connectivity index (χ1) is 7.58. The van der Waals surface area contributed by atoms with Gasteiger partial charge in [-0.1, -0.05) is 20.8 Å². The molecule has 16 heavy (non-hydrogen) atoms. The molecular formula is C13H28N2O.